The molecule has 4 aromatic rings. The van der Waals surface area contributed by atoms with E-state index >= 15 is 0 Å². The second-order valence-electron chi connectivity index (χ2n) is 6.98. The normalized spacial score (nSPS) is 10.4. The number of nitrogens with one attached hydrogen (secondary N) is 2. The average Bonchev–Trinajstić information content (AvgIpc) is 3.29. The summed E-state index contributed by atoms with van der Waals surface area (Å²) in [6.45, 7) is 0. The van der Waals surface area contributed by atoms with Crippen molar-refractivity contribution in [2.75, 3.05) is 5.73 Å². The van der Waals surface area contributed by atoms with E-state index in [1.165, 1.54) is 12.1 Å². The van der Waals surface area contributed by atoms with Crippen LogP contribution in [0, 0.1) is 10.1 Å². The number of carbonyl (C=O) groups is 2. The zero-order chi connectivity index (χ0) is 23.4. The lowest BCUT2D eigenvalue weighted by Gasteiger charge is -2.08. The molecule has 0 radical (unpaired) electrons. The molecule has 10 nitrogen and oxygen atoms in total. The van der Waals surface area contributed by atoms with Crippen molar-refractivity contribution in [1.82, 2.24) is 20.6 Å². The zero-order valence-electron chi connectivity index (χ0n) is 17.1. The third-order valence-corrected chi connectivity index (χ3v) is 4.81. The maximum absolute atomic E-state index is 12.9. The molecule has 4 rings (SSSR count). The van der Waals surface area contributed by atoms with Crippen molar-refractivity contribution in [3.8, 4) is 16.9 Å². The molecule has 1 heterocycles. The Kier molecular flexibility index (Phi) is 5.81. The van der Waals surface area contributed by atoms with Gasteiger partial charge in [0.15, 0.2) is 0 Å². The molecule has 0 saturated carbocycles. The highest BCUT2D eigenvalue weighted by Crippen LogP contribution is 2.24. The number of nitro groups is 1. The van der Waals surface area contributed by atoms with Crippen molar-refractivity contribution in [3.63, 3.8) is 0 Å². The highest BCUT2D eigenvalue weighted by Gasteiger charge is 2.20. The molecular formula is C23H18N6O4. The van der Waals surface area contributed by atoms with E-state index in [0.717, 1.165) is 17.3 Å². The summed E-state index contributed by atoms with van der Waals surface area (Å²) in [6, 6.07) is 22.0. The number of nitrogens with zero attached hydrogens (tertiary/aromatic N) is 3. The molecule has 0 aliphatic carbocycles. The van der Waals surface area contributed by atoms with Crippen LogP contribution in [0.4, 0.5) is 11.4 Å². The van der Waals surface area contributed by atoms with Gasteiger partial charge in [0.05, 0.1) is 16.2 Å². The molecule has 0 spiro atoms. The number of amides is 2. The first kappa shape index (κ1) is 21.2. The van der Waals surface area contributed by atoms with Gasteiger partial charge in [-0.05, 0) is 24.3 Å². The number of hydrogen-bond donors (Lipinski definition) is 3. The lowest BCUT2D eigenvalue weighted by molar-refractivity contribution is -0.383. The van der Waals surface area contributed by atoms with E-state index in [0.29, 0.717) is 5.69 Å². The number of nitrogen functional groups attached to an aromatic ring is 1. The van der Waals surface area contributed by atoms with Crippen molar-refractivity contribution in [3.05, 3.63) is 106 Å². The number of anilines is 1. The molecule has 0 unspecified atom stereocenters. The fraction of sp³-hybridized carbons (Fsp3) is 0. The number of para-hydroxylation sites is 1. The number of carbonyl (C=O) groups excluding carboxylic acids is 2. The number of nitrogens with two attached hydrogens (primary N) is 1. The van der Waals surface area contributed by atoms with E-state index in [1.54, 1.807) is 10.9 Å². The third kappa shape index (κ3) is 4.54. The van der Waals surface area contributed by atoms with E-state index in [4.69, 9.17) is 5.73 Å². The van der Waals surface area contributed by atoms with E-state index in [9.17, 15) is 19.7 Å². The lowest BCUT2D eigenvalue weighted by Crippen LogP contribution is -2.41. The molecule has 0 aliphatic heterocycles. The van der Waals surface area contributed by atoms with Crippen LogP contribution >= 0.6 is 0 Å². The highest BCUT2D eigenvalue weighted by molar-refractivity contribution is 6.02. The Bertz CT molecular complexity index is 1340. The van der Waals surface area contributed by atoms with Gasteiger partial charge in [0, 0.05) is 23.4 Å². The molecule has 3 aromatic carbocycles. The Balaban J connectivity index is 1.59. The van der Waals surface area contributed by atoms with E-state index in [1.807, 2.05) is 60.7 Å². The summed E-state index contributed by atoms with van der Waals surface area (Å²) in [4.78, 5) is 35.7. The molecule has 0 saturated heterocycles. The van der Waals surface area contributed by atoms with Crippen LogP contribution in [0.1, 0.15) is 20.7 Å². The second kappa shape index (κ2) is 9.02. The largest absolute Gasteiger partial charge is 0.393 e. The fourth-order valence-electron chi connectivity index (χ4n) is 3.16. The highest BCUT2D eigenvalue weighted by atomic mass is 16.6. The van der Waals surface area contributed by atoms with Crippen LogP contribution in [0.5, 0.6) is 0 Å². The van der Waals surface area contributed by atoms with Gasteiger partial charge in [-0.3, -0.25) is 30.6 Å². The molecule has 10 heteroatoms. The minimum atomic E-state index is -0.733. The maximum Gasteiger partial charge on any atom is 0.292 e. The van der Waals surface area contributed by atoms with Crippen molar-refractivity contribution in [1.29, 1.82) is 0 Å². The smallest absolute Gasteiger partial charge is 0.292 e. The van der Waals surface area contributed by atoms with Crippen molar-refractivity contribution >= 4 is 23.2 Å². The molecule has 0 bridgehead atoms. The monoisotopic (exact) mass is 442 g/mol. The number of hydrazine groups is 1. The fourth-order valence-corrected chi connectivity index (χ4v) is 3.16. The quantitative estimate of drug-likeness (QED) is 0.246. The Morgan fingerprint density at radius 2 is 1.55 bits per heavy atom. The van der Waals surface area contributed by atoms with E-state index in [-0.39, 0.29) is 16.8 Å². The zero-order valence-corrected chi connectivity index (χ0v) is 17.1. The summed E-state index contributed by atoms with van der Waals surface area (Å²) in [5.74, 6) is -1.34. The lowest BCUT2D eigenvalue weighted by atomic mass is 10.1. The molecule has 2 amide bonds. The van der Waals surface area contributed by atoms with Crippen molar-refractivity contribution in [2.24, 2.45) is 0 Å². The van der Waals surface area contributed by atoms with E-state index < -0.39 is 22.4 Å². The van der Waals surface area contributed by atoms with Gasteiger partial charge in [-0.1, -0.05) is 48.5 Å². The Labute approximate surface area is 187 Å². The standard InChI is InChI=1S/C23H18N6O4/c24-19-12-11-16(13-20(19)29(32)33)22(30)25-26-23(31)18-14-28(17-9-5-2-6-10-17)27-21(18)15-7-3-1-4-8-15/h1-14H,24H2,(H,25,30)(H,26,31). The van der Waals surface area contributed by atoms with Crippen LogP contribution in [-0.4, -0.2) is 26.5 Å². The summed E-state index contributed by atoms with van der Waals surface area (Å²) in [6.07, 6.45) is 1.56. The van der Waals surface area contributed by atoms with Gasteiger partial charge >= 0.3 is 0 Å². The minimum absolute atomic E-state index is 0.0283. The number of benzene rings is 3. The number of aromatic nitrogens is 2. The van der Waals surface area contributed by atoms with Crippen LogP contribution in [0.3, 0.4) is 0 Å². The van der Waals surface area contributed by atoms with Crippen LogP contribution in [0.15, 0.2) is 85.1 Å². The van der Waals surface area contributed by atoms with Gasteiger partial charge in [-0.25, -0.2) is 4.68 Å². The minimum Gasteiger partial charge on any atom is -0.393 e. The van der Waals surface area contributed by atoms with Gasteiger partial charge in [0.25, 0.3) is 17.5 Å². The van der Waals surface area contributed by atoms with Gasteiger partial charge in [0.1, 0.15) is 11.4 Å². The van der Waals surface area contributed by atoms with Crippen LogP contribution in [-0.2, 0) is 0 Å². The van der Waals surface area contributed by atoms with Gasteiger partial charge in [0.2, 0.25) is 0 Å². The Hall–Kier alpha value is -4.99. The molecular weight excluding hydrogens is 424 g/mol. The molecule has 0 atom stereocenters. The maximum atomic E-state index is 12.9. The van der Waals surface area contributed by atoms with Crippen LogP contribution in [0.2, 0.25) is 0 Å². The summed E-state index contributed by atoms with van der Waals surface area (Å²) in [5, 5.41) is 15.6. The molecule has 1 aromatic heterocycles. The predicted molar refractivity (Wildman–Crippen MR) is 121 cm³/mol. The number of nitro benzene ring substituents is 1. The summed E-state index contributed by atoms with van der Waals surface area (Å²) in [7, 11) is 0. The van der Waals surface area contributed by atoms with Crippen LogP contribution < -0.4 is 16.6 Å². The van der Waals surface area contributed by atoms with Gasteiger partial charge < -0.3 is 5.73 Å². The van der Waals surface area contributed by atoms with Gasteiger partial charge in [-0.2, -0.15) is 5.10 Å². The molecule has 164 valence electrons. The van der Waals surface area contributed by atoms with Crippen LogP contribution in [0.25, 0.3) is 16.9 Å². The summed E-state index contributed by atoms with van der Waals surface area (Å²) >= 11 is 0. The van der Waals surface area contributed by atoms with Crippen molar-refractivity contribution in [2.45, 2.75) is 0 Å². The molecule has 0 fully saturated rings. The number of hydrogen-bond acceptors (Lipinski definition) is 6. The van der Waals surface area contributed by atoms with Gasteiger partial charge in [-0.15, -0.1) is 0 Å². The summed E-state index contributed by atoms with van der Waals surface area (Å²) in [5.41, 5.74) is 11.8. The van der Waals surface area contributed by atoms with E-state index in [2.05, 4.69) is 16.0 Å². The topological polar surface area (TPSA) is 145 Å². The number of rotatable bonds is 5. The SMILES string of the molecule is Nc1ccc(C(=O)NNC(=O)c2cn(-c3ccccc3)nc2-c2ccccc2)cc1[N+](=O)[O-]. The first-order chi connectivity index (χ1) is 15.9. The Morgan fingerprint density at radius 1 is 0.909 bits per heavy atom. The second-order valence-corrected chi connectivity index (χ2v) is 6.98. The first-order valence-corrected chi connectivity index (χ1v) is 9.79. The van der Waals surface area contributed by atoms with Crippen molar-refractivity contribution < 1.29 is 14.5 Å². The molecule has 33 heavy (non-hydrogen) atoms. The molecule has 4 N–H and O–H groups in total. The summed E-state index contributed by atoms with van der Waals surface area (Å²) < 4.78 is 1.57. The molecule has 0 aliphatic rings. The Morgan fingerprint density at radius 3 is 2.21 bits per heavy atom. The average molecular weight is 442 g/mol. The third-order valence-electron chi connectivity index (χ3n) is 4.81. The first-order valence-electron chi connectivity index (χ1n) is 9.79. The predicted octanol–water partition coefficient (Wildman–Crippen LogP) is 3.10.